The first-order chi connectivity index (χ1) is 25.3. The summed E-state index contributed by atoms with van der Waals surface area (Å²) >= 11 is 0. The van der Waals surface area contributed by atoms with E-state index in [1.54, 1.807) is 22.9 Å². The van der Waals surface area contributed by atoms with Crippen molar-refractivity contribution >= 4 is 50.3 Å². The minimum absolute atomic E-state index is 0.0156. The van der Waals surface area contributed by atoms with Crippen LogP contribution in [0.3, 0.4) is 0 Å². The van der Waals surface area contributed by atoms with E-state index in [1.165, 1.54) is 9.21 Å². The summed E-state index contributed by atoms with van der Waals surface area (Å²) in [5.74, 6) is -0.378. The number of rotatable bonds is 9. The van der Waals surface area contributed by atoms with Gasteiger partial charge < -0.3 is 15.0 Å². The number of methoxy groups -OCH3 is 1. The Kier molecular flexibility index (Phi) is 9.90. The number of piperidine rings is 1. The number of carbonyl (C=O) groups excluding carboxylic acids is 2. The van der Waals surface area contributed by atoms with Crippen LogP contribution in [0, 0.1) is 0 Å². The minimum atomic E-state index is -4.65. The predicted octanol–water partition coefficient (Wildman–Crippen LogP) is 3.42. The van der Waals surface area contributed by atoms with Crippen molar-refractivity contribution in [3.63, 3.8) is 0 Å². The Labute approximate surface area is 303 Å². The number of sulfonamides is 1. The Morgan fingerprint density at radius 3 is 2.45 bits per heavy atom. The van der Waals surface area contributed by atoms with E-state index in [-0.39, 0.29) is 48.8 Å². The number of anilines is 3. The largest absolute Gasteiger partial charge is 0.480 e. The number of nitrogens with zero attached hydrogens (tertiary/aromatic N) is 8. The quantitative estimate of drug-likeness (QED) is 0.258. The highest BCUT2D eigenvalue weighted by Crippen LogP contribution is 2.35. The fraction of sp³-hybridized carbons (Fsp3) is 0.441. The molecule has 3 saturated heterocycles. The fourth-order valence-corrected chi connectivity index (χ4v) is 8.51. The Morgan fingerprint density at radius 1 is 1.00 bits per heavy atom. The number of aromatic nitrogens is 4. The molecule has 0 atom stereocenters. The number of halogens is 3. The lowest BCUT2D eigenvalue weighted by molar-refractivity contribution is -0.139. The molecular formula is C34H39F3N10O5S. The second kappa shape index (κ2) is 14.4. The van der Waals surface area contributed by atoms with Gasteiger partial charge in [-0.1, -0.05) is 12.1 Å². The van der Waals surface area contributed by atoms with Crippen molar-refractivity contribution in [3.8, 4) is 5.88 Å². The number of nitrogens with one attached hydrogen (secondary N) is 2. The smallest absolute Gasteiger partial charge is 0.423 e. The number of imide groups is 1. The number of hydrogen-bond donors (Lipinski definition) is 2. The van der Waals surface area contributed by atoms with Crippen molar-refractivity contribution in [2.45, 2.75) is 42.9 Å². The van der Waals surface area contributed by atoms with Crippen molar-refractivity contribution in [2.24, 2.45) is 7.05 Å². The highest BCUT2D eigenvalue weighted by atomic mass is 32.2. The third-order valence-electron chi connectivity index (χ3n) is 9.84. The molecule has 53 heavy (non-hydrogen) atoms. The van der Waals surface area contributed by atoms with Gasteiger partial charge in [-0.05, 0) is 48.7 Å². The molecule has 3 amide bonds. The number of alkyl halides is 3. The maximum absolute atomic E-state index is 13.6. The van der Waals surface area contributed by atoms with Crippen molar-refractivity contribution in [1.29, 1.82) is 0 Å². The first kappa shape index (κ1) is 36.4. The average molecular weight is 757 g/mol. The third-order valence-corrected chi connectivity index (χ3v) is 11.7. The molecule has 0 bridgehead atoms. The first-order valence-electron chi connectivity index (χ1n) is 17.2. The summed E-state index contributed by atoms with van der Waals surface area (Å²) in [5, 5.41) is 10.8. The van der Waals surface area contributed by atoms with Gasteiger partial charge in [-0.2, -0.15) is 27.6 Å². The van der Waals surface area contributed by atoms with Crippen LogP contribution in [0.2, 0.25) is 0 Å². The van der Waals surface area contributed by atoms with E-state index in [2.05, 4.69) is 41.6 Å². The molecule has 0 saturated carbocycles. The molecule has 3 aliphatic heterocycles. The normalized spacial score (nSPS) is 18.4. The van der Waals surface area contributed by atoms with Crippen molar-refractivity contribution in [2.75, 3.05) is 68.0 Å². The van der Waals surface area contributed by atoms with Gasteiger partial charge in [-0.25, -0.2) is 18.2 Å². The van der Waals surface area contributed by atoms with E-state index in [0.29, 0.717) is 31.4 Å². The van der Waals surface area contributed by atoms with Crippen LogP contribution in [0.5, 0.6) is 5.88 Å². The first-order valence-corrected chi connectivity index (χ1v) is 18.6. The highest BCUT2D eigenvalue weighted by Gasteiger charge is 2.37. The zero-order valence-electron chi connectivity index (χ0n) is 29.1. The van der Waals surface area contributed by atoms with Crippen LogP contribution in [-0.4, -0.2) is 108 Å². The Balaban J connectivity index is 0.934. The monoisotopic (exact) mass is 756 g/mol. The molecule has 0 spiro atoms. The SMILES string of the molecule is COc1nc(NC2CCN(S(=O)(=O)c3cccc(CN4CCN(c5ccc6c(N7CCC(=O)NC7=O)nn(C)c6c5)CC4)c3)CC2)ncc1C(F)(F)F. The summed E-state index contributed by atoms with van der Waals surface area (Å²) in [6.45, 7) is 4.37. The molecule has 282 valence electrons. The molecule has 2 aromatic carbocycles. The number of amides is 3. The number of fused-ring (bicyclic) bond motifs is 1. The molecule has 0 radical (unpaired) electrons. The van der Waals surface area contributed by atoms with Crippen LogP contribution in [-0.2, 0) is 34.6 Å². The number of urea groups is 1. The zero-order chi connectivity index (χ0) is 37.5. The van der Waals surface area contributed by atoms with Gasteiger partial charge in [0.15, 0.2) is 5.82 Å². The van der Waals surface area contributed by atoms with Crippen molar-refractivity contribution in [3.05, 3.63) is 59.8 Å². The number of benzene rings is 2. The Bertz CT molecular complexity index is 2130. The van der Waals surface area contributed by atoms with Crippen molar-refractivity contribution in [1.82, 2.24) is 34.3 Å². The topological polar surface area (TPSA) is 158 Å². The second-order valence-corrected chi connectivity index (χ2v) is 15.2. The molecule has 3 aliphatic rings. The van der Waals surface area contributed by atoms with Crippen LogP contribution >= 0.6 is 0 Å². The molecule has 3 fully saturated rings. The number of ether oxygens (including phenoxy) is 1. The highest BCUT2D eigenvalue weighted by molar-refractivity contribution is 7.89. The third kappa shape index (κ3) is 7.58. The summed E-state index contributed by atoms with van der Waals surface area (Å²) in [5.41, 5.74) is 1.72. The molecule has 2 aromatic heterocycles. The Hall–Kier alpha value is -5.01. The van der Waals surface area contributed by atoms with Gasteiger partial charge in [-0.3, -0.25) is 24.6 Å². The maximum Gasteiger partial charge on any atom is 0.423 e. The van der Waals surface area contributed by atoms with Crippen LogP contribution in [0.15, 0.2) is 53.6 Å². The van der Waals surface area contributed by atoms with E-state index >= 15 is 0 Å². The van der Waals surface area contributed by atoms with E-state index in [9.17, 15) is 31.2 Å². The lowest BCUT2D eigenvalue weighted by Crippen LogP contribution is -2.49. The summed E-state index contributed by atoms with van der Waals surface area (Å²) in [7, 11) is -0.843. The summed E-state index contributed by atoms with van der Waals surface area (Å²) in [4.78, 5) is 38.0. The number of hydrogen-bond acceptors (Lipinski definition) is 11. The molecule has 19 heteroatoms. The van der Waals surface area contributed by atoms with Crippen LogP contribution in [0.25, 0.3) is 10.9 Å². The van der Waals surface area contributed by atoms with Crippen LogP contribution in [0.4, 0.5) is 35.4 Å². The maximum atomic E-state index is 13.6. The predicted molar refractivity (Wildman–Crippen MR) is 189 cm³/mol. The summed E-state index contributed by atoms with van der Waals surface area (Å²) in [6.07, 6.45) is -2.92. The summed E-state index contributed by atoms with van der Waals surface area (Å²) < 4.78 is 74.8. The number of aryl methyl sites for hydroxylation is 1. The van der Waals surface area contributed by atoms with Crippen molar-refractivity contribution < 1.29 is 35.9 Å². The number of carbonyl (C=O) groups is 2. The fourth-order valence-electron chi connectivity index (χ4n) is 6.97. The lowest BCUT2D eigenvalue weighted by atomic mass is 10.1. The molecule has 4 aromatic rings. The van der Waals surface area contributed by atoms with Gasteiger partial charge in [0.2, 0.25) is 27.8 Å². The van der Waals surface area contributed by atoms with Gasteiger partial charge in [0.25, 0.3) is 0 Å². The molecule has 15 nitrogen and oxygen atoms in total. The molecule has 2 N–H and O–H groups in total. The minimum Gasteiger partial charge on any atom is -0.480 e. The van der Waals surface area contributed by atoms with Gasteiger partial charge >= 0.3 is 12.2 Å². The molecule has 7 rings (SSSR count). The number of piperazine rings is 1. The van der Waals surface area contributed by atoms with E-state index in [4.69, 9.17) is 4.74 Å². The van der Waals surface area contributed by atoms with E-state index in [1.807, 2.05) is 25.2 Å². The second-order valence-electron chi connectivity index (χ2n) is 13.3. The lowest BCUT2D eigenvalue weighted by Gasteiger charge is -2.36. The zero-order valence-corrected chi connectivity index (χ0v) is 30.0. The average Bonchev–Trinajstić information content (AvgIpc) is 3.46. The Morgan fingerprint density at radius 2 is 1.75 bits per heavy atom. The van der Waals surface area contributed by atoms with E-state index in [0.717, 1.165) is 55.4 Å². The standard InChI is InChI=1S/C34H39F3N10O5S/c1-43-28-19-24(6-7-26(28)30(42-43)47-13-10-29(48)40-33(47)49)45-16-14-44(15-17-45)21-22-4-3-5-25(18-22)53(50,51)46-11-8-23(9-12-46)39-32-38-20-27(34(35,36)37)31(41-32)52-2/h3-7,18-20,23H,8-17,21H2,1-2H3,(H,38,39,41)(H,40,48,49). The molecule has 0 aliphatic carbocycles. The van der Waals surface area contributed by atoms with E-state index < -0.39 is 33.7 Å². The van der Waals surface area contributed by atoms with Crippen LogP contribution < -0.4 is 25.2 Å². The van der Waals surface area contributed by atoms with Gasteiger partial charge in [-0.15, -0.1) is 0 Å². The van der Waals surface area contributed by atoms with Crippen LogP contribution in [0.1, 0.15) is 30.4 Å². The van der Waals surface area contributed by atoms with Gasteiger partial charge in [0, 0.05) is 89.1 Å². The van der Waals surface area contributed by atoms with Gasteiger partial charge in [0.1, 0.15) is 5.56 Å². The van der Waals surface area contributed by atoms with Gasteiger partial charge in [0.05, 0.1) is 17.5 Å². The molecular weight excluding hydrogens is 718 g/mol. The molecule has 0 unspecified atom stereocenters. The summed E-state index contributed by atoms with van der Waals surface area (Å²) in [6, 6.07) is 12.3. The molecule has 5 heterocycles.